The quantitative estimate of drug-likeness (QED) is 0.827. The predicted molar refractivity (Wildman–Crippen MR) is 67.7 cm³/mol. The number of pyridine rings is 1. The van der Waals surface area contributed by atoms with Gasteiger partial charge in [-0.25, -0.2) is 0 Å². The van der Waals surface area contributed by atoms with Crippen LogP contribution in [0.25, 0.3) is 0 Å². The van der Waals surface area contributed by atoms with Crippen molar-refractivity contribution in [1.29, 1.82) is 0 Å². The molecular formula is C13H22N2O. The third-order valence-electron chi connectivity index (χ3n) is 3.04. The van der Waals surface area contributed by atoms with Gasteiger partial charge in [-0.15, -0.1) is 0 Å². The Morgan fingerprint density at radius 1 is 1.38 bits per heavy atom. The Labute approximate surface area is 97.5 Å². The third-order valence-corrected chi connectivity index (χ3v) is 3.04. The van der Waals surface area contributed by atoms with E-state index in [1.165, 1.54) is 0 Å². The lowest BCUT2D eigenvalue weighted by Crippen LogP contribution is -2.31. The molecule has 0 saturated carbocycles. The van der Waals surface area contributed by atoms with Crippen molar-refractivity contribution >= 4 is 0 Å². The van der Waals surface area contributed by atoms with Gasteiger partial charge in [0, 0.05) is 30.4 Å². The van der Waals surface area contributed by atoms with Crippen LogP contribution in [0.5, 0.6) is 0 Å². The molecule has 3 nitrogen and oxygen atoms in total. The summed E-state index contributed by atoms with van der Waals surface area (Å²) in [5, 5.41) is 3.35. The Kier molecular flexibility index (Phi) is 4.74. The monoisotopic (exact) mass is 222 g/mol. The summed E-state index contributed by atoms with van der Waals surface area (Å²) in [5.74, 6) is 0. The lowest BCUT2D eigenvalue weighted by Gasteiger charge is -2.13. The summed E-state index contributed by atoms with van der Waals surface area (Å²) in [6.07, 6.45) is 1.08. The van der Waals surface area contributed by atoms with Gasteiger partial charge in [-0.1, -0.05) is 13.0 Å². The Morgan fingerprint density at radius 2 is 2.06 bits per heavy atom. The van der Waals surface area contributed by atoms with E-state index < -0.39 is 0 Å². The molecule has 0 aliphatic carbocycles. The van der Waals surface area contributed by atoms with Crippen LogP contribution in [0.15, 0.2) is 16.9 Å². The van der Waals surface area contributed by atoms with Crippen LogP contribution in [0.3, 0.4) is 0 Å². The van der Waals surface area contributed by atoms with Gasteiger partial charge in [0.25, 0.3) is 5.56 Å². The van der Waals surface area contributed by atoms with Crippen molar-refractivity contribution in [2.45, 2.75) is 53.2 Å². The van der Waals surface area contributed by atoms with E-state index in [9.17, 15) is 4.79 Å². The molecule has 1 unspecified atom stereocenters. The van der Waals surface area contributed by atoms with Gasteiger partial charge in [-0.3, -0.25) is 4.79 Å². The number of nitrogens with zero attached hydrogens (tertiary/aromatic N) is 1. The maximum Gasteiger partial charge on any atom is 0.255 e. The van der Waals surface area contributed by atoms with Gasteiger partial charge in [0.1, 0.15) is 0 Å². The first-order chi connectivity index (χ1) is 7.60. The number of hydrogen-bond acceptors (Lipinski definition) is 2. The molecule has 0 saturated heterocycles. The lowest BCUT2D eigenvalue weighted by atomic mass is 10.2. The zero-order valence-corrected chi connectivity index (χ0v) is 10.7. The number of nitrogens with one attached hydrogen (secondary N) is 1. The first-order valence-electron chi connectivity index (χ1n) is 6.02. The molecule has 3 heteroatoms. The first-order valence-corrected chi connectivity index (χ1v) is 6.02. The Balaban J connectivity index is 2.86. The van der Waals surface area contributed by atoms with Crippen molar-refractivity contribution in [3.8, 4) is 0 Å². The van der Waals surface area contributed by atoms with E-state index in [0.29, 0.717) is 12.6 Å². The molecule has 1 atom stereocenters. The predicted octanol–water partition coefficient (Wildman–Crippen LogP) is 2.06. The summed E-state index contributed by atoms with van der Waals surface area (Å²) in [4.78, 5) is 12.0. The van der Waals surface area contributed by atoms with Crippen LogP contribution in [-0.4, -0.2) is 10.6 Å². The molecule has 0 fully saturated rings. The normalized spacial score (nSPS) is 12.8. The first kappa shape index (κ1) is 13.0. The van der Waals surface area contributed by atoms with Gasteiger partial charge in [0.15, 0.2) is 0 Å². The summed E-state index contributed by atoms with van der Waals surface area (Å²) in [6.45, 7) is 9.64. The summed E-state index contributed by atoms with van der Waals surface area (Å²) >= 11 is 0. The van der Waals surface area contributed by atoms with Crippen LogP contribution >= 0.6 is 0 Å². The maximum atomic E-state index is 12.0. The van der Waals surface area contributed by atoms with Crippen LogP contribution in [0.2, 0.25) is 0 Å². The van der Waals surface area contributed by atoms with Crippen molar-refractivity contribution in [2.24, 2.45) is 0 Å². The number of aryl methyl sites for hydroxylation is 1. The number of hydrogen-bond donors (Lipinski definition) is 1. The van der Waals surface area contributed by atoms with E-state index in [4.69, 9.17) is 0 Å². The molecule has 1 aromatic rings. The summed E-state index contributed by atoms with van der Waals surface area (Å²) in [7, 11) is 0. The number of rotatable bonds is 5. The average molecular weight is 222 g/mol. The second-order valence-corrected chi connectivity index (χ2v) is 4.24. The smallest absolute Gasteiger partial charge is 0.255 e. The van der Waals surface area contributed by atoms with E-state index in [2.05, 4.69) is 19.2 Å². The summed E-state index contributed by atoms with van der Waals surface area (Å²) in [5.41, 5.74) is 2.02. The van der Waals surface area contributed by atoms with Gasteiger partial charge in [-0.2, -0.15) is 0 Å². The highest BCUT2D eigenvalue weighted by Crippen LogP contribution is 1.99. The molecule has 0 aliphatic rings. The molecule has 90 valence electrons. The summed E-state index contributed by atoms with van der Waals surface area (Å²) in [6, 6.07) is 4.40. The topological polar surface area (TPSA) is 34.0 Å². The fourth-order valence-electron chi connectivity index (χ4n) is 1.67. The highest BCUT2D eigenvalue weighted by molar-refractivity contribution is 5.15. The van der Waals surface area contributed by atoms with Crippen molar-refractivity contribution in [1.82, 2.24) is 9.88 Å². The highest BCUT2D eigenvalue weighted by atomic mass is 16.1. The highest BCUT2D eigenvalue weighted by Gasteiger charge is 2.05. The molecule has 1 rings (SSSR count). The molecule has 0 radical (unpaired) electrons. The molecule has 0 amide bonds. The third kappa shape index (κ3) is 2.95. The van der Waals surface area contributed by atoms with Crippen LogP contribution < -0.4 is 10.9 Å². The molecule has 0 aliphatic heterocycles. The minimum Gasteiger partial charge on any atom is -0.313 e. The van der Waals surface area contributed by atoms with E-state index in [1.54, 1.807) is 0 Å². The fourth-order valence-corrected chi connectivity index (χ4v) is 1.67. The van der Waals surface area contributed by atoms with Crippen LogP contribution in [0, 0.1) is 6.92 Å². The molecular weight excluding hydrogens is 200 g/mol. The fraction of sp³-hybridized carbons (Fsp3) is 0.615. The zero-order valence-electron chi connectivity index (χ0n) is 10.7. The van der Waals surface area contributed by atoms with Gasteiger partial charge >= 0.3 is 0 Å². The Hall–Kier alpha value is -1.09. The maximum absolute atomic E-state index is 12.0. The second kappa shape index (κ2) is 5.85. The van der Waals surface area contributed by atoms with E-state index >= 15 is 0 Å². The molecule has 0 aromatic carbocycles. The van der Waals surface area contributed by atoms with Gasteiger partial charge in [0.05, 0.1) is 0 Å². The molecule has 1 heterocycles. The van der Waals surface area contributed by atoms with Crippen LogP contribution in [0.1, 0.15) is 38.4 Å². The molecule has 0 spiro atoms. The van der Waals surface area contributed by atoms with E-state index in [-0.39, 0.29) is 5.56 Å². The van der Waals surface area contributed by atoms with Crippen molar-refractivity contribution in [3.05, 3.63) is 33.7 Å². The minimum absolute atomic E-state index is 0.137. The van der Waals surface area contributed by atoms with Gasteiger partial charge in [-0.05, 0) is 33.3 Å². The van der Waals surface area contributed by atoms with E-state index in [1.807, 2.05) is 30.5 Å². The zero-order chi connectivity index (χ0) is 12.1. The molecule has 1 aromatic heterocycles. The SMILES string of the molecule is CCC(C)NCc1ccc(C)n(CC)c1=O. The molecule has 1 N–H and O–H groups in total. The van der Waals surface area contributed by atoms with Crippen molar-refractivity contribution < 1.29 is 0 Å². The van der Waals surface area contributed by atoms with Crippen molar-refractivity contribution in [2.75, 3.05) is 0 Å². The molecule has 0 bridgehead atoms. The lowest BCUT2D eigenvalue weighted by molar-refractivity contribution is 0.528. The Morgan fingerprint density at radius 3 is 2.62 bits per heavy atom. The van der Waals surface area contributed by atoms with Crippen molar-refractivity contribution in [3.63, 3.8) is 0 Å². The molecule has 16 heavy (non-hydrogen) atoms. The second-order valence-electron chi connectivity index (χ2n) is 4.24. The standard InChI is InChI=1S/C13H22N2O/c1-5-10(3)14-9-12-8-7-11(4)15(6-2)13(12)16/h7-8,10,14H,5-6,9H2,1-4H3. The summed E-state index contributed by atoms with van der Waals surface area (Å²) < 4.78 is 1.81. The number of aromatic nitrogens is 1. The largest absolute Gasteiger partial charge is 0.313 e. The van der Waals surface area contributed by atoms with Crippen LogP contribution in [0.4, 0.5) is 0 Å². The van der Waals surface area contributed by atoms with Gasteiger partial charge in [0.2, 0.25) is 0 Å². The van der Waals surface area contributed by atoms with E-state index in [0.717, 1.165) is 24.2 Å². The average Bonchev–Trinajstić information content (AvgIpc) is 2.28. The minimum atomic E-state index is 0.137. The van der Waals surface area contributed by atoms with Gasteiger partial charge < -0.3 is 9.88 Å². The Bertz CT molecular complexity index is 395. The van der Waals surface area contributed by atoms with Crippen LogP contribution in [-0.2, 0) is 13.1 Å².